The normalized spacial score (nSPS) is 13.4. The van der Waals surface area contributed by atoms with Gasteiger partial charge in [-0.15, -0.1) is 0 Å². The first-order chi connectivity index (χ1) is 13.6. The van der Waals surface area contributed by atoms with Gasteiger partial charge in [0.1, 0.15) is 6.04 Å². The molecular formula is C21H27N5O2. The molecule has 0 fully saturated rings. The van der Waals surface area contributed by atoms with Gasteiger partial charge in [-0.1, -0.05) is 60.7 Å². The SMILES string of the molecule is CNC(C=NN)CC[C@H](NC(=O)C(c1ccccc1)c1ccccc1)C(N)=O. The van der Waals surface area contributed by atoms with Gasteiger partial charge in [0.25, 0.3) is 0 Å². The van der Waals surface area contributed by atoms with Gasteiger partial charge in [-0.05, 0) is 31.0 Å². The van der Waals surface area contributed by atoms with Crippen LogP contribution in [0.1, 0.15) is 29.9 Å². The number of hydrazone groups is 1. The summed E-state index contributed by atoms with van der Waals surface area (Å²) in [6.07, 6.45) is 2.47. The standard InChI is InChI=1S/C21H27N5O2/c1-24-17(14-25-23)12-13-18(20(22)27)26-21(28)19(15-8-4-2-5-9-15)16-10-6-3-7-11-16/h2-11,14,17-19,24H,12-13,23H2,1H3,(H2,22,27)(H,26,28)/t17?,18-/m0/s1. The highest BCUT2D eigenvalue weighted by molar-refractivity contribution is 5.92. The minimum atomic E-state index is -0.788. The predicted octanol–water partition coefficient (Wildman–Crippen LogP) is 1.10. The molecule has 1 unspecified atom stereocenters. The molecular weight excluding hydrogens is 354 g/mol. The van der Waals surface area contributed by atoms with E-state index in [1.807, 2.05) is 60.7 Å². The first-order valence-corrected chi connectivity index (χ1v) is 9.17. The minimum Gasteiger partial charge on any atom is -0.368 e. The van der Waals surface area contributed by atoms with Crippen molar-refractivity contribution < 1.29 is 9.59 Å². The molecule has 0 aliphatic carbocycles. The van der Waals surface area contributed by atoms with Gasteiger partial charge in [0.05, 0.1) is 5.92 Å². The number of hydrogen-bond donors (Lipinski definition) is 4. The summed E-state index contributed by atoms with van der Waals surface area (Å²) in [6, 6.07) is 18.0. The summed E-state index contributed by atoms with van der Waals surface area (Å²) >= 11 is 0. The number of hydrogen-bond acceptors (Lipinski definition) is 5. The minimum absolute atomic E-state index is 0.109. The molecule has 7 nitrogen and oxygen atoms in total. The van der Waals surface area contributed by atoms with Crippen molar-refractivity contribution in [2.45, 2.75) is 30.8 Å². The second-order valence-corrected chi connectivity index (χ2v) is 6.49. The van der Waals surface area contributed by atoms with E-state index < -0.39 is 17.9 Å². The van der Waals surface area contributed by atoms with Gasteiger partial charge in [0, 0.05) is 12.3 Å². The van der Waals surface area contributed by atoms with Gasteiger partial charge >= 0.3 is 0 Å². The molecule has 2 atom stereocenters. The highest BCUT2D eigenvalue weighted by atomic mass is 16.2. The van der Waals surface area contributed by atoms with E-state index in [1.165, 1.54) is 0 Å². The number of carbonyl (C=O) groups is 2. The third-order valence-electron chi connectivity index (χ3n) is 4.59. The zero-order chi connectivity index (χ0) is 20.4. The average molecular weight is 381 g/mol. The van der Waals surface area contributed by atoms with Crippen LogP contribution in [0.25, 0.3) is 0 Å². The number of carbonyl (C=O) groups excluding carboxylic acids is 2. The Morgan fingerprint density at radius 2 is 1.54 bits per heavy atom. The highest BCUT2D eigenvalue weighted by Gasteiger charge is 2.27. The number of nitrogens with one attached hydrogen (secondary N) is 2. The van der Waals surface area contributed by atoms with Crippen molar-refractivity contribution >= 4 is 18.0 Å². The van der Waals surface area contributed by atoms with Crippen LogP contribution < -0.4 is 22.2 Å². The number of rotatable bonds is 10. The fraction of sp³-hybridized carbons (Fsp3) is 0.286. The monoisotopic (exact) mass is 381 g/mol. The molecule has 0 saturated carbocycles. The Labute approximate surface area is 165 Å². The number of nitrogens with two attached hydrogens (primary N) is 2. The van der Waals surface area contributed by atoms with Gasteiger partial charge in [-0.3, -0.25) is 9.59 Å². The predicted molar refractivity (Wildman–Crippen MR) is 111 cm³/mol. The zero-order valence-corrected chi connectivity index (χ0v) is 15.9. The molecule has 2 aromatic carbocycles. The Balaban J connectivity index is 2.19. The van der Waals surface area contributed by atoms with Crippen molar-refractivity contribution in [3.8, 4) is 0 Å². The van der Waals surface area contributed by atoms with E-state index in [4.69, 9.17) is 11.6 Å². The summed E-state index contributed by atoms with van der Waals surface area (Å²) in [7, 11) is 1.77. The lowest BCUT2D eigenvalue weighted by molar-refractivity contribution is -0.127. The van der Waals surface area contributed by atoms with Crippen LogP contribution in [-0.4, -0.2) is 37.2 Å². The number of nitrogens with zero attached hydrogens (tertiary/aromatic N) is 1. The third kappa shape index (κ3) is 5.92. The Morgan fingerprint density at radius 3 is 1.96 bits per heavy atom. The van der Waals surface area contributed by atoms with Crippen LogP contribution in [-0.2, 0) is 9.59 Å². The van der Waals surface area contributed by atoms with E-state index in [0.29, 0.717) is 12.8 Å². The first-order valence-electron chi connectivity index (χ1n) is 9.17. The molecule has 28 heavy (non-hydrogen) atoms. The maximum absolute atomic E-state index is 13.1. The molecule has 6 N–H and O–H groups in total. The van der Waals surface area contributed by atoms with Crippen molar-refractivity contribution in [2.75, 3.05) is 7.05 Å². The smallest absolute Gasteiger partial charge is 0.240 e. The second-order valence-electron chi connectivity index (χ2n) is 6.49. The summed E-state index contributed by atoms with van der Waals surface area (Å²) in [4.78, 5) is 25.0. The molecule has 0 aliphatic heterocycles. The number of benzene rings is 2. The number of amides is 2. The van der Waals surface area contributed by atoms with Gasteiger partial charge in [-0.25, -0.2) is 0 Å². The van der Waals surface area contributed by atoms with Gasteiger partial charge in [0.15, 0.2) is 0 Å². The summed E-state index contributed by atoms with van der Waals surface area (Å²) in [5.41, 5.74) is 7.22. The molecule has 0 radical (unpaired) electrons. The fourth-order valence-corrected chi connectivity index (χ4v) is 3.07. The van der Waals surface area contributed by atoms with Gasteiger partial charge < -0.3 is 22.2 Å². The van der Waals surface area contributed by atoms with Gasteiger partial charge in [0.2, 0.25) is 11.8 Å². The van der Waals surface area contributed by atoms with E-state index in [9.17, 15) is 9.59 Å². The van der Waals surface area contributed by atoms with E-state index in [-0.39, 0.29) is 11.9 Å². The second kappa shape index (κ2) is 10.8. The van der Waals surface area contributed by atoms with Crippen molar-refractivity contribution in [3.63, 3.8) is 0 Å². The Kier molecular flexibility index (Phi) is 8.17. The maximum atomic E-state index is 13.1. The van der Waals surface area contributed by atoms with Gasteiger partial charge in [-0.2, -0.15) is 5.10 Å². The van der Waals surface area contributed by atoms with E-state index in [1.54, 1.807) is 13.3 Å². The lowest BCUT2D eigenvalue weighted by atomic mass is 9.90. The summed E-state index contributed by atoms with van der Waals surface area (Å²) in [5.74, 6) is 3.81. The molecule has 2 aromatic rings. The van der Waals surface area contributed by atoms with Crippen LogP contribution in [0.2, 0.25) is 0 Å². The topological polar surface area (TPSA) is 123 Å². The van der Waals surface area contributed by atoms with Crippen LogP contribution >= 0.6 is 0 Å². The van der Waals surface area contributed by atoms with Crippen molar-refractivity contribution in [2.24, 2.45) is 16.7 Å². The summed E-state index contributed by atoms with van der Waals surface area (Å²) in [5, 5.41) is 9.36. The lowest BCUT2D eigenvalue weighted by Crippen LogP contribution is -2.47. The van der Waals surface area contributed by atoms with Crippen molar-refractivity contribution in [3.05, 3.63) is 71.8 Å². The van der Waals surface area contributed by atoms with Crippen LogP contribution in [0.5, 0.6) is 0 Å². The third-order valence-corrected chi connectivity index (χ3v) is 4.59. The Bertz CT molecular complexity index is 740. The maximum Gasteiger partial charge on any atom is 0.240 e. The highest BCUT2D eigenvalue weighted by Crippen LogP contribution is 2.25. The molecule has 148 valence electrons. The molecule has 0 aromatic heterocycles. The number of primary amides is 1. The van der Waals surface area contributed by atoms with Crippen LogP contribution in [0.3, 0.4) is 0 Å². The largest absolute Gasteiger partial charge is 0.368 e. The Hall–Kier alpha value is -3.19. The van der Waals surface area contributed by atoms with Crippen LogP contribution in [0.4, 0.5) is 0 Å². The van der Waals surface area contributed by atoms with Crippen molar-refractivity contribution in [1.82, 2.24) is 10.6 Å². The molecule has 2 rings (SSSR count). The molecule has 0 saturated heterocycles. The van der Waals surface area contributed by atoms with E-state index >= 15 is 0 Å². The molecule has 0 heterocycles. The van der Waals surface area contributed by atoms with Crippen LogP contribution in [0, 0.1) is 0 Å². The molecule has 7 heteroatoms. The van der Waals surface area contributed by atoms with E-state index in [0.717, 1.165) is 11.1 Å². The molecule has 0 bridgehead atoms. The lowest BCUT2D eigenvalue weighted by Gasteiger charge is -2.22. The van der Waals surface area contributed by atoms with Crippen LogP contribution in [0.15, 0.2) is 65.8 Å². The molecule has 0 spiro atoms. The summed E-state index contributed by atoms with van der Waals surface area (Å²) < 4.78 is 0. The average Bonchev–Trinajstić information content (AvgIpc) is 2.71. The first kappa shape index (κ1) is 21.1. The Morgan fingerprint density at radius 1 is 1.00 bits per heavy atom. The molecule has 0 aliphatic rings. The quantitative estimate of drug-likeness (QED) is 0.280. The summed E-state index contributed by atoms with van der Waals surface area (Å²) in [6.45, 7) is 0. The zero-order valence-electron chi connectivity index (χ0n) is 15.9. The van der Waals surface area contributed by atoms with Crippen molar-refractivity contribution in [1.29, 1.82) is 0 Å². The molecule has 2 amide bonds. The fourth-order valence-electron chi connectivity index (χ4n) is 3.07. The van der Waals surface area contributed by atoms with E-state index in [2.05, 4.69) is 15.7 Å².